The van der Waals surface area contributed by atoms with E-state index in [4.69, 9.17) is 11.5 Å². The first-order chi connectivity index (χ1) is 12.7. The molecule has 0 fully saturated rings. The third-order valence-electron chi connectivity index (χ3n) is 4.48. The molecule has 0 heterocycles. The molecule has 2 aromatic rings. The van der Waals surface area contributed by atoms with E-state index in [1.54, 1.807) is 0 Å². The van der Waals surface area contributed by atoms with Gasteiger partial charge in [0.1, 0.15) is 4.90 Å². The van der Waals surface area contributed by atoms with Crippen LogP contribution in [0.3, 0.4) is 0 Å². The van der Waals surface area contributed by atoms with Crippen LogP contribution in [-0.2, 0) is 10.1 Å². The smallest absolute Gasteiger partial charge is 0.296 e. The summed E-state index contributed by atoms with van der Waals surface area (Å²) < 4.78 is 33.0. The minimum Gasteiger partial charge on any atom is -0.398 e. The van der Waals surface area contributed by atoms with Crippen LogP contribution in [0.15, 0.2) is 29.2 Å². The number of fused-ring (bicyclic) bond motifs is 2. The Kier molecular flexibility index (Phi) is 4.66. The van der Waals surface area contributed by atoms with Gasteiger partial charge in [0.2, 0.25) is 0 Å². The predicted molar refractivity (Wildman–Crippen MR) is 102 cm³/mol. The Hall–Kier alpha value is -2.91. The molecule has 3 rings (SSSR count). The van der Waals surface area contributed by atoms with Crippen molar-refractivity contribution in [3.8, 4) is 0 Å². The van der Waals surface area contributed by atoms with E-state index in [0.29, 0.717) is 6.54 Å². The van der Waals surface area contributed by atoms with Gasteiger partial charge in [-0.3, -0.25) is 14.1 Å². The van der Waals surface area contributed by atoms with Crippen LogP contribution in [0.4, 0.5) is 17.1 Å². The maximum absolute atomic E-state index is 13.1. The zero-order valence-corrected chi connectivity index (χ0v) is 15.4. The number of carbonyl (C=O) groups excluding carboxylic acids is 2. The molecule has 0 atom stereocenters. The number of nitrogens with two attached hydrogens (primary N) is 2. The number of hydrogen-bond acceptors (Lipinski definition) is 7. The number of ketones is 2. The molecule has 27 heavy (non-hydrogen) atoms. The van der Waals surface area contributed by atoms with Gasteiger partial charge in [0, 0.05) is 23.5 Å². The number of benzene rings is 2. The Balaban J connectivity index is 2.34. The van der Waals surface area contributed by atoms with E-state index < -0.39 is 32.3 Å². The molecule has 0 saturated carbocycles. The van der Waals surface area contributed by atoms with E-state index in [1.165, 1.54) is 18.2 Å². The van der Waals surface area contributed by atoms with Crippen LogP contribution in [0.1, 0.15) is 51.6 Å². The number of carbonyl (C=O) groups is 2. The minimum absolute atomic E-state index is 0.0357. The molecule has 0 spiro atoms. The molecule has 1 aliphatic carbocycles. The van der Waals surface area contributed by atoms with Crippen molar-refractivity contribution in [1.82, 2.24) is 0 Å². The second-order valence-corrected chi connectivity index (χ2v) is 7.66. The van der Waals surface area contributed by atoms with E-state index in [1.807, 2.05) is 6.92 Å². The fourth-order valence-electron chi connectivity index (χ4n) is 3.17. The Bertz CT molecular complexity index is 1080. The molecule has 1 aliphatic rings. The topological polar surface area (TPSA) is 153 Å². The van der Waals surface area contributed by atoms with Crippen molar-refractivity contribution in [3.05, 3.63) is 46.5 Å². The Morgan fingerprint density at radius 3 is 2.41 bits per heavy atom. The van der Waals surface area contributed by atoms with Gasteiger partial charge in [0.15, 0.2) is 11.6 Å². The monoisotopic (exact) mass is 389 g/mol. The summed E-state index contributed by atoms with van der Waals surface area (Å²) in [6.07, 6.45) is 1.61. The van der Waals surface area contributed by atoms with Gasteiger partial charge in [-0.25, -0.2) is 0 Å². The zero-order chi connectivity index (χ0) is 19.9. The van der Waals surface area contributed by atoms with Crippen molar-refractivity contribution in [2.45, 2.75) is 24.7 Å². The first-order valence-electron chi connectivity index (χ1n) is 8.34. The van der Waals surface area contributed by atoms with Crippen molar-refractivity contribution >= 4 is 38.7 Å². The number of hydrogen-bond donors (Lipinski definition) is 4. The molecule has 0 aliphatic heterocycles. The number of nitrogen functional groups attached to an aromatic ring is 2. The molecule has 6 N–H and O–H groups in total. The van der Waals surface area contributed by atoms with Crippen LogP contribution >= 0.6 is 0 Å². The SMILES string of the molecule is CCCCNc1cc(S(=O)(=O)O)c(N)c2c1C(=O)c1c(N)cccc1C2=O. The summed E-state index contributed by atoms with van der Waals surface area (Å²) in [5, 5.41) is 2.97. The molecule has 8 nitrogen and oxygen atoms in total. The van der Waals surface area contributed by atoms with Crippen molar-refractivity contribution in [2.75, 3.05) is 23.3 Å². The summed E-state index contributed by atoms with van der Waals surface area (Å²) in [6, 6.07) is 5.54. The van der Waals surface area contributed by atoms with Crippen LogP contribution < -0.4 is 16.8 Å². The molecule has 0 saturated heterocycles. The van der Waals surface area contributed by atoms with Crippen LogP contribution in [0.25, 0.3) is 0 Å². The van der Waals surface area contributed by atoms with E-state index in [2.05, 4.69) is 5.32 Å². The van der Waals surface area contributed by atoms with E-state index in [9.17, 15) is 22.6 Å². The largest absolute Gasteiger partial charge is 0.398 e. The summed E-state index contributed by atoms with van der Waals surface area (Å²) in [5.41, 5.74) is 11.4. The molecule has 9 heteroatoms. The lowest BCUT2D eigenvalue weighted by molar-refractivity contribution is 0.0980. The highest BCUT2D eigenvalue weighted by atomic mass is 32.2. The van der Waals surface area contributed by atoms with Gasteiger partial charge < -0.3 is 16.8 Å². The van der Waals surface area contributed by atoms with Gasteiger partial charge in [0.25, 0.3) is 10.1 Å². The molecule has 0 unspecified atom stereocenters. The Labute approximate surface area is 156 Å². The molecule has 2 aromatic carbocycles. The number of rotatable bonds is 5. The summed E-state index contributed by atoms with van der Waals surface area (Å²) in [6.45, 7) is 2.41. The van der Waals surface area contributed by atoms with E-state index in [-0.39, 0.29) is 33.6 Å². The third kappa shape index (κ3) is 3.04. The van der Waals surface area contributed by atoms with Gasteiger partial charge >= 0.3 is 0 Å². The van der Waals surface area contributed by atoms with Gasteiger partial charge in [0.05, 0.1) is 22.4 Å². The average Bonchev–Trinajstić information content (AvgIpc) is 2.59. The van der Waals surface area contributed by atoms with Crippen LogP contribution in [0, 0.1) is 0 Å². The van der Waals surface area contributed by atoms with Crippen molar-refractivity contribution in [1.29, 1.82) is 0 Å². The van der Waals surface area contributed by atoms with Crippen molar-refractivity contribution < 1.29 is 22.6 Å². The number of nitrogens with one attached hydrogen (secondary N) is 1. The van der Waals surface area contributed by atoms with Crippen molar-refractivity contribution in [2.24, 2.45) is 0 Å². The molecule has 0 radical (unpaired) electrons. The summed E-state index contributed by atoms with van der Waals surface area (Å²) in [7, 11) is -4.70. The highest BCUT2D eigenvalue weighted by Gasteiger charge is 2.37. The molecule has 142 valence electrons. The van der Waals surface area contributed by atoms with Gasteiger partial charge in [-0.05, 0) is 18.6 Å². The molecule has 0 aromatic heterocycles. The zero-order valence-electron chi connectivity index (χ0n) is 14.6. The standard InChI is InChI=1S/C18H19N3O5S/c1-2-3-7-21-11-8-12(27(24,25)26)16(20)15-14(11)18(23)13-9(17(15)22)5-4-6-10(13)19/h4-6,8,21H,2-3,7,19-20H2,1H3,(H,24,25,26). The predicted octanol–water partition coefficient (Wildman–Crippen LogP) is 2.09. The lowest BCUT2D eigenvalue weighted by Crippen LogP contribution is -2.26. The summed E-state index contributed by atoms with van der Waals surface area (Å²) in [4.78, 5) is 25.5. The fourth-order valence-corrected chi connectivity index (χ4v) is 3.82. The Morgan fingerprint density at radius 2 is 1.78 bits per heavy atom. The number of anilines is 3. The third-order valence-corrected chi connectivity index (χ3v) is 5.37. The maximum Gasteiger partial charge on any atom is 0.296 e. The van der Waals surface area contributed by atoms with Crippen LogP contribution in [0.5, 0.6) is 0 Å². The highest BCUT2D eigenvalue weighted by Crippen LogP contribution is 2.40. The minimum atomic E-state index is -4.70. The van der Waals surface area contributed by atoms with Gasteiger partial charge in [-0.15, -0.1) is 0 Å². The normalized spacial score (nSPS) is 13.3. The van der Waals surface area contributed by atoms with E-state index >= 15 is 0 Å². The quantitative estimate of drug-likeness (QED) is 0.294. The average molecular weight is 389 g/mol. The van der Waals surface area contributed by atoms with Gasteiger partial charge in [-0.2, -0.15) is 8.42 Å². The van der Waals surface area contributed by atoms with Gasteiger partial charge in [-0.1, -0.05) is 25.5 Å². The Morgan fingerprint density at radius 1 is 1.07 bits per heavy atom. The fraction of sp³-hybridized carbons (Fsp3) is 0.222. The van der Waals surface area contributed by atoms with Crippen LogP contribution in [-0.4, -0.2) is 31.1 Å². The van der Waals surface area contributed by atoms with E-state index in [0.717, 1.165) is 18.9 Å². The maximum atomic E-state index is 13.1. The van der Waals surface area contributed by atoms with Crippen molar-refractivity contribution in [3.63, 3.8) is 0 Å². The second kappa shape index (κ2) is 6.67. The van der Waals surface area contributed by atoms with Crippen LogP contribution in [0.2, 0.25) is 0 Å². The first kappa shape index (κ1) is 18.9. The molecule has 0 bridgehead atoms. The molecular formula is C18H19N3O5S. The summed E-state index contributed by atoms with van der Waals surface area (Å²) in [5.74, 6) is -1.14. The molecule has 0 amide bonds. The second-order valence-electron chi connectivity index (χ2n) is 6.27. The summed E-state index contributed by atoms with van der Waals surface area (Å²) >= 11 is 0. The first-order valence-corrected chi connectivity index (χ1v) is 9.78. The lowest BCUT2D eigenvalue weighted by Gasteiger charge is -2.24. The molecular weight excluding hydrogens is 370 g/mol. The lowest BCUT2D eigenvalue weighted by atomic mass is 9.81. The number of unbranched alkanes of at least 4 members (excludes halogenated alkanes) is 1. The highest BCUT2D eigenvalue weighted by molar-refractivity contribution is 7.86.